The minimum absolute atomic E-state index is 0.0254. The van der Waals surface area contributed by atoms with Gasteiger partial charge < -0.3 is 87.4 Å². The number of piperidine rings is 1. The number of hydrogen-bond acceptors (Lipinski definition) is 26. The average molecular weight is 1790 g/mol. The molecule has 41 heteroatoms. The number of carbonyl (C=O) groups excluding carboxylic acids is 18. The highest BCUT2D eigenvalue weighted by Crippen LogP contribution is 2.33. The van der Waals surface area contributed by atoms with Crippen LogP contribution in [0.4, 0.5) is 5.69 Å². The van der Waals surface area contributed by atoms with Crippen molar-refractivity contribution in [2.45, 2.75) is 238 Å². The number of unbranched alkanes of at least 4 members (excludes halogenated alkanes) is 2. The summed E-state index contributed by atoms with van der Waals surface area (Å²) in [6.45, 7) is 13.9. The van der Waals surface area contributed by atoms with E-state index in [9.17, 15) is 86.6 Å². The van der Waals surface area contributed by atoms with E-state index < -0.39 is 201 Å². The zero-order valence-electron chi connectivity index (χ0n) is 73.4. The molecule has 694 valence electrons. The van der Waals surface area contributed by atoms with Crippen LogP contribution in [0.25, 0.3) is 0 Å². The van der Waals surface area contributed by atoms with Gasteiger partial charge in [0.25, 0.3) is 29.5 Å². The minimum atomic E-state index is -2.29. The second-order valence-corrected chi connectivity index (χ2v) is 32.7. The number of carboxylic acids is 1. The number of hydrogen-bond donors (Lipinski definition) is 12. The van der Waals surface area contributed by atoms with Gasteiger partial charge in [0.2, 0.25) is 65.0 Å². The molecule has 2 aromatic rings. The molecule has 4 aliphatic rings. The van der Waals surface area contributed by atoms with Crippen molar-refractivity contribution in [3.05, 3.63) is 64.1 Å². The number of carboxylic acid groups (broad SMARTS) is 1. The lowest BCUT2D eigenvalue weighted by atomic mass is 9.92. The van der Waals surface area contributed by atoms with Gasteiger partial charge in [-0.1, -0.05) is 53.5 Å². The Morgan fingerprint density at radius 3 is 1.75 bits per heavy atom. The molecule has 1 saturated heterocycles. The van der Waals surface area contributed by atoms with Crippen LogP contribution in [0.1, 0.15) is 205 Å². The molecule has 16 amide bonds. The lowest BCUT2D eigenvalue weighted by molar-refractivity contribution is -0.149. The van der Waals surface area contributed by atoms with Gasteiger partial charge >= 0.3 is 17.9 Å². The fourth-order valence-corrected chi connectivity index (χ4v) is 15.2. The maximum absolute atomic E-state index is 15.3. The van der Waals surface area contributed by atoms with Crippen LogP contribution >= 0.6 is 11.3 Å². The first-order chi connectivity index (χ1) is 60.0. The van der Waals surface area contributed by atoms with Gasteiger partial charge in [0.1, 0.15) is 40.9 Å². The van der Waals surface area contributed by atoms with E-state index in [0.717, 1.165) is 55.0 Å². The van der Waals surface area contributed by atoms with Crippen LogP contribution in [0.3, 0.4) is 0 Å². The number of ether oxygens (including phenoxy) is 4. The molecule has 0 radical (unpaired) electrons. The molecule has 6 rings (SSSR count). The number of likely N-dealkylation sites (tertiary alicyclic amines) is 1. The first-order valence-electron chi connectivity index (χ1n) is 43.1. The number of rotatable bonds is 45. The maximum Gasteiger partial charge on any atom is 0.313 e. The molecule has 1 aromatic carbocycles. The number of nitrogens with zero attached hydrogens (tertiary/aromatic N) is 5. The molecule has 40 nitrogen and oxygen atoms in total. The van der Waals surface area contributed by atoms with Gasteiger partial charge in [0, 0.05) is 153 Å². The Hall–Kier alpha value is -11.5. The zero-order valence-corrected chi connectivity index (χ0v) is 74.3. The molecule has 11 atom stereocenters. The third-order valence-electron chi connectivity index (χ3n) is 21.7. The Morgan fingerprint density at radius 2 is 1.22 bits per heavy atom. The van der Waals surface area contributed by atoms with Crippen molar-refractivity contribution in [2.24, 2.45) is 17.8 Å². The van der Waals surface area contributed by atoms with E-state index in [1.54, 1.807) is 18.9 Å². The molecule has 12 N–H and O–H groups in total. The number of amides is 16. The summed E-state index contributed by atoms with van der Waals surface area (Å²) >= 11 is 1.00. The van der Waals surface area contributed by atoms with Crippen molar-refractivity contribution in [3.63, 3.8) is 0 Å². The van der Waals surface area contributed by atoms with Crippen molar-refractivity contribution in [3.8, 4) is 5.75 Å². The predicted molar refractivity (Wildman–Crippen MR) is 456 cm³/mol. The van der Waals surface area contributed by atoms with E-state index in [1.165, 1.54) is 37.4 Å². The van der Waals surface area contributed by atoms with Gasteiger partial charge in [-0.25, -0.2) is 4.98 Å². The molecular weight excluding hydrogens is 1660 g/mol. The van der Waals surface area contributed by atoms with Crippen molar-refractivity contribution in [1.29, 1.82) is 0 Å². The normalized spacial score (nSPS) is 19.6. The number of esters is 2. The number of nitrogens with one attached hydrogen (secondary N) is 11. The first-order valence-corrected chi connectivity index (χ1v) is 44.0. The summed E-state index contributed by atoms with van der Waals surface area (Å²) in [5.74, 6) is -17.5. The number of aliphatic carboxylic acids is 1. The molecule has 1 aromatic heterocycles. The van der Waals surface area contributed by atoms with Crippen LogP contribution in [0.15, 0.2) is 47.9 Å². The lowest BCUT2D eigenvalue weighted by Crippen LogP contribution is -2.66. The van der Waals surface area contributed by atoms with Gasteiger partial charge in [-0.15, -0.1) is 11.3 Å². The second-order valence-electron chi connectivity index (χ2n) is 31.8. The number of carbonyl (C=O) groups is 19. The first kappa shape index (κ1) is 103. The summed E-state index contributed by atoms with van der Waals surface area (Å²) in [6.07, 6.45) is 3.52. The number of fused-ring (bicyclic) bond motifs is 1. The van der Waals surface area contributed by atoms with Gasteiger partial charge in [0.15, 0.2) is 11.9 Å². The van der Waals surface area contributed by atoms with Crippen LogP contribution < -0.4 is 63.2 Å². The Balaban J connectivity index is 1.34. The molecule has 5 heterocycles. The molecule has 126 heavy (non-hydrogen) atoms. The van der Waals surface area contributed by atoms with Gasteiger partial charge in [0.05, 0.1) is 30.7 Å². The number of anilines is 1. The highest BCUT2D eigenvalue weighted by Gasteiger charge is 2.42. The standard InChI is InChI=1S/C85H124N16O24S/c1-11-51(6)74(97-80(116)60-23-16-19-40-98(60)9)84(119)99(10)61(50(4)5)48-63(124-53(8)102)83-94-59(49-126-83)79(115)90-55(45-52(7)85(120)121)46-54-25-26-62-58(47-54)91-66(105)31-38-88-77(113)56(21-15-18-37-87-65(104)35-44-123-13-3)92-81(117)75(95-67(106)33-41-100-69(108)27-28-70(100)109)76(96-68(107)34-42-101-71(110)29-30-72(101)111)82(118)93-57(78(114)89-39-32-73(112)125-62)22-14-17-36-86-64(103)24-20-43-122-12-2/h25-30,47,49-52,55-57,60-61,63,74-76H,11-24,31-46,48H2,1-10H3,(H,86,103)(H,87,104)(H,88,113)(H,89,114)(H,90,115)(H,91,105)(H,92,117)(H,93,118)(H,95,106)(H,96,107)(H,97,116)(H,120,121)/t51-,52-,55+,56-,57-,60?,61+,63+,74-,75?,76?/m0/s1. The fourth-order valence-electron chi connectivity index (χ4n) is 14.4. The Morgan fingerprint density at radius 1 is 0.667 bits per heavy atom. The van der Waals surface area contributed by atoms with E-state index in [2.05, 4.69) is 63.5 Å². The van der Waals surface area contributed by atoms with Gasteiger partial charge in [-0.05, 0) is 128 Å². The Bertz CT molecular complexity index is 4210. The van der Waals surface area contributed by atoms with Gasteiger partial charge in [-0.3, -0.25) is 106 Å². The van der Waals surface area contributed by atoms with E-state index in [4.69, 9.17) is 18.9 Å². The summed E-state index contributed by atoms with van der Waals surface area (Å²) in [7, 11) is 3.51. The van der Waals surface area contributed by atoms with Crippen LogP contribution in [0.2, 0.25) is 0 Å². The lowest BCUT2D eigenvalue weighted by Gasteiger charge is -2.38. The van der Waals surface area contributed by atoms with E-state index in [-0.39, 0.29) is 148 Å². The van der Waals surface area contributed by atoms with Crippen LogP contribution in [-0.4, -0.2) is 277 Å². The topological polar surface area (TPSA) is 540 Å². The smallest absolute Gasteiger partial charge is 0.313 e. The van der Waals surface area contributed by atoms with Crippen LogP contribution in [0, 0.1) is 17.8 Å². The van der Waals surface area contributed by atoms with Crippen molar-refractivity contribution in [1.82, 2.24) is 77.8 Å². The maximum atomic E-state index is 15.3. The quantitative estimate of drug-likeness (QED) is 0.0193. The summed E-state index contributed by atoms with van der Waals surface area (Å²) in [5.41, 5.74) is 0.0345. The zero-order chi connectivity index (χ0) is 92.7. The largest absolute Gasteiger partial charge is 0.481 e. The summed E-state index contributed by atoms with van der Waals surface area (Å²) in [6, 6.07) is -6.56. The number of imide groups is 2. The molecule has 0 spiro atoms. The number of aromatic nitrogens is 1. The summed E-state index contributed by atoms with van der Waals surface area (Å²) in [5, 5.41) is 41.0. The predicted octanol–water partition coefficient (Wildman–Crippen LogP) is 1.34. The molecule has 0 bridgehead atoms. The molecule has 4 aliphatic heterocycles. The number of thiazole rings is 1. The van der Waals surface area contributed by atoms with E-state index in [0.29, 0.717) is 54.4 Å². The summed E-state index contributed by atoms with van der Waals surface area (Å²) < 4.78 is 22.3. The van der Waals surface area contributed by atoms with Crippen LogP contribution in [0.5, 0.6) is 5.75 Å². The SMILES string of the molecule is CCOCCCC(=O)NCCCC[C@@H]1NC(=O)C(NC(=O)CCN2C(=O)C=CC2=O)C(NC(=O)CCN2C(=O)C=CC2=O)C(=O)N[C@@H](CCCCNC(=O)CCOCC)C(=O)NCCC(=O)Nc2cc(C[C@@H](C[C@H](C)C(=O)O)NC(=O)c3csc([C@@H](C[C@H](C(C)C)N(C)C(=O)[C@@H](NC(=O)C4CCCCN4C)[C@@H](C)CC)OC(C)=O)n3)ccc2OC(=O)CCNC1=O. The Labute approximate surface area is 736 Å². The van der Waals surface area contributed by atoms with Crippen LogP contribution in [-0.2, 0) is 107 Å². The molecular formula is C85H124N16O24S. The summed E-state index contributed by atoms with van der Waals surface area (Å²) in [4.78, 5) is 271. The average Bonchev–Trinajstić information content (AvgIpc) is 1.44. The van der Waals surface area contributed by atoms with Crippen molar-refractivity contribution in [2.75, 3.05) is 91.7 Å². The minimum Gasteiger partial charge on any atom is -0.481 e. The third-order valence-corrected chi connectivity index (χ3v) is 22.7. The second kappa shape index (κ2) is 53.1. The fraction of sp³-hybridized carbons (Fsp3) is 0.624. The molecule has 0 aliphatic carbocycles. The van der Waals surface area contributed by atoms with E-state index >= 15 is 9.59 Å². The van der Waals surface area contributed by atoms with Crippen molar-refractivity contribution >= 4 is 129 Å². The third kappa shape index (κ3) is 34.1. The highest BCUT2D eigenvalue weighted by molar-refractivity contribution is 7.09. The molecule has 0 saturated carbocycles. The monoisotopic (exact) mass is 1780 g/mol. The Kier molecular flexibility index (Phi) is 43.6. The molecule has 1 fully saturated rings. The number of likely N-dealkylation sites (N-methyl/N-ethyl adjacent to an activating group) is 2. The van der Waals surface area contributed by atoms with E-state index in [1.807, 2.05) is 46.6 Å². The highest BCUT2D eigenvalue weighted by atomic mass is 32.1. The van der Waals surface area contributed by atoms with Crippen molar-refractivity contribution < 1.29 is 115 Å². The number of benzene rings is 1. The van der Waals surface area contributed by atoms with Gasteiger partial charge in [-0.2, -0.15) is 0 Å². The molecule has 3 unspecified atom stereocenters.